The summed E-state index contributed by atoms with van der Waals surface area (Å²) in [5.74, 6) is 0.123. The third-order valence-electron chi connectivity index (χ3n) is 4.09. The van der Waals surface area contributed by atoms with E-state index >= 15 is 0 Å². The molecule has 0 bridgehead atoms. The average molecular weight is 418 g/mol. The molecule has 0 aliphatic carbocycles. The van der Waals surface area contributed by atoms with E-state index < -0.39 is 5.97 Å². The molecule has 0 saturated heterocycles. The van der Waals surface area contributed by atoms with Crippen molar-refractivity contribution < 1.29 is 23.4 Å². The Morgan fingerprint density at radius 1 is 1.17 bits per heavy atom. The number of carbonyl (C=O) groups is 1. The van der Waals surface area contributed by atoms with Gasteiger partial charge in [-0.3, -0.25) is 0 Å². The fourth-order valence-electron chi connectivity index (χ4n) is 2.68. The van der Waals surface area contributed by atoms with Crippen molar-refractivity contribution in [1.29, 1.82) is 0 Å². The monoisotopic (exact) mass is 417 g/mol. The molecule has 0 saturated carbocycles. The molecule has 1 heterocycles. The lowest BCUT2D eigenvalue weighted by atomic mass is 10.1. The molecule has 2 aromatic rings. The van der Waals surface area contributed by atoms with Crippen molar-refractivity contribution in [2.75, 3.05) is 13.2 Å². The van der Waals surface area contributed by atoms with E-state index in [2.05, 4.69) is 11.9 Å². The Kier molecular flexibility index (Phi) is 6.88. The van der Waals surface area contributed by atoms with Crippen LogP contribution in [0.5, 0.6) is 11.5 Å². The van der Waals surface area contributed by atoms with E-state index in [1.54, 1.807) is 18.2 Å². The van der Waals surface area contributed by atoms with Crippen LogP contribution in [0.3, 0.4) is 0 Å². The van der Waals surface area contributed by atoms with Gasteiger partial charge in [0.25, 0.3) is 0 Å². The smallest absolute Gasteiger partial charge is 0.363 e. The molecule has 0 radical (unpaired) electrons. The second kappa shape index (κ2) is 9.56. The number of halogens is 2. The summed E-state index contributed by atoms with van der Waals surface area (Å²) in [5.41, 5.74) is 1.25. The Hall–Kier alpha value is -2.86. The first-order chi connectivity index (χ1) is 14.0. The van der Waals surface area contributed by atoms with Crippen LogP contribution in [0.4, 0.5) is 4.39 Å². The van der Waals surface area contributed by atoms with Gasteiger partial charge in [0.05, 0.1) is 18.2 Å². The van der Waals surface area contributed by atoms with Gasteiger partial charge in [0.15, 0.2) is 17.2 Å². The summed E-state index contributed by atoms with van der Waals surface area (Å²) in [7, 11) is 0. The summed E-state index contributed by atoms with van der Waals surface area (Å²) in [6.07, 6.45) is 3.46. The summed E-state index contributed by atoms with van der Waals surface area (Å²) in [4.78, 5) is 16.4. The first-order valence-electron chi connectivity index (χ1n) is 9.39. The number of benzene rings is 2. The third-order valence-corrected chi connectivity index (χ3v) is 4.37. The predicted molar refractivity (Wildman–Crippen MR) is 110 cm³/mol. The molecule has 7 heteroatoms. The molecule has 3 rings (SSSR count). The van der Waals surface area contributed by atoms with Crippen LogP contribution in [0.1, 0.15) is 37.8 Å². The maximum Gasteiger partial charge on any atom is 0.363 e. The summed E-state index contributed by atoms with van der Waals surface area (Å²) in [6, 6.07) is 8.96. The lowest BCUT2D eigenvalue weighted by Crippen LogP contribution is -2.05. The number of rotatable bonds is 8. The van der Waals surface area contributed by atoms with Crippen molar-refractivity contribution in [1.82, 2.24) is 0 Å². The summed E-state index contributed by atoms with van der Waals surface area (Å²) < 4.78 is 29.7. The molecule has 0 amide bonds. The molecular weight excluding hydrogens is 397 g/mol. The van der Waals surface area contributed by atoms with Crippen LogP contribution in [0, 0.1) is 5.82 Å². The van der Waals surface area contributed by atoms with Crippen molar-refractivity contribution in [3.05, 3.63) is 64.1 Å². The Labute approximate surface area is 173 Å². The van der Waals surface area contributed by atoms with Gasteiger partial charge in [0, 0.05) is 5.56 Å². The summed E-state index contributed by atoms with van der Waals surface area (Å²) in [6.45, 7) is 4.91. The van der Waals surface area contributed by atoms with Crippen LogP contribution in [0.15, 0.2) is 47.1 Å². The molecule has 5 nitrogen and oxygen atoms in total. The molecular formula is C22H21ClFNO4. The van der Waals surface area contributed by atoms with Crippen molar-refractivity contribution in [3.8, 4) is 11.5 Å². The van der Waals surface area contributed by atoms with Crippen LogP contribution < -0.4 is 9.47 Å². The average Bonchev–Trinajstić information content (AvgIpc) is 3.05. The topological polar surface area (TPSA) is 57.1 Å². The number of hydrogen-bond acceptors (Lipinski definition) is 5. The molecule has 0 spiro atoms. The second-order valence-electron chi connectivity index (χ2n) is 6.31. The highest BCUT2D eigenvalue weighted by atomic mass is 35.5. The summed E-state index contributed by atoms with van der Waals surface area (Å²) in [5, 5.41) is 0.382. The quantitative estimate of drug-likeness (QED) is 0.328. The Morgan fingerprint density at radius 2 is 1.93 bits per heavy atom. The van der Waals surface area contributed by atoms with E-state index in [0.717, 1.165) is 12.8 Å². The zero-order valence-corrected chi connectivity index (χ0v) is 17.0. The van der Waals surface area contributed by atoms with E-state index in [1.807, 2.05) is 6.92 Å². The van der Waals surface area contributed by atoms with Gasteiger partial charge in [-0.15, -0.1) is 0 Å². The molecule has 152 valence electrons. The molecule has 29 heavy (non-hydrogen) atoms. The van der Waals surface area contributed by atoms with Crippen LogP contribution in [0.2, 0.25) is 5.02 Å². The van der Waals surface area contributed by atoms with E-state index in [1.165, 1.54) is 24.3 Å². The number of nitrogens with zero attached hydrogens (tertiary/aromatic N) is 1. The van der Waals surface area contributed by atoms with Gasteiger partial charge >= 0.3 is 5.97 Å². The van der Waals surface area contributed by atoms with Crippen molar-refractivity contribution in [2.24, 2.45) is 4.99 Å². The maximum atomic E-state index is 13.1. The normalized spacial score (nSPS) is 14.7. The van der Waals surface area contributed by atoms with E-state index in [-0.39, 0.29) is 17.4 Å². The molecule has 1 aliphatic rings. The lowest BCUT2D eigenvalue weighted by molar-refractivity contribution is -0.129. The van der Waals surface area contributed by atoms with Crippen molar-refractivity contribution in [3.63, 3.8) is 0 Å². The number of unbranched alkanes of at least 4 members (excludes halogenated alkanes) is 1. The minimum atomic E-state index is -0.596. The van der Waals surface area contributed by atoms with Gasteiger partial charge in [-0.2, -0.15) is 0 Å². The zero-order valence-electron chi connectivity index (χ0n) is 16.2. The molecule has 0 fully saturated rings. The third kappa shape index (κ3) is 5.15. The number of aliphatic imine (C=N–C) groups is 1. The largest absolute Gasteiger partial charge is 0.490 e. The van der Waals surface area contributed by atoms with Crippen LogP contribution in [-0.4, -0.2) is 25.1 Å². The SMILES string of the molecule is CCCCOc1c(Cl)cc(/C=C2\N=C(c3ccc(F)cc3)OC2=O)cc1OCC. The molecule has 0 aromatic heterocycles. The molecule has 1 aliphatic heterocycles. The minimum Gasteiger partial charge on any atom is -0.490 e. The highest BCUT2D eigenvalue weighted by molar-refractivity contribution is 6.32. The Bertz CT molecular complexity index is 954. The predicted octanol–water partition coefficient (Wildman–Crippen LogP) is 5.40. The summed E-state index contributed by atoms with van der Waals surface area (Å²) >= 11 is 6.39. The van der Waals surface area contributed by atoms with Crippen LogP contribution in [-0.2, 0) is 9.53 Å². The Balaban J connectivity index is 1.90. The second-order valence-corrected chi connectivity index (χ2v) is 6.72. The van der Waals surface area contributed by atoms with Gasteiger partial charge in [-0.05, 0) is 61.4 Å². The van der Waals surface area contributed by atoms with E-state index in [4.69, 9.17) is 25.8 Å². The maximum absolute atomic E-state index is 13.1. The van der Waals surface area contributed by atoms with E-state index in [0.29, 0.717) is 40.9 Å². The highest BCUT2D eigenvalue weighted by Crippen LogP contribution is 2.37. The number of hydrogen-bond donors (Lipinski definition) is 0. The molecule has 2 aromatic carbocycles. The number of carbonyl (C=O) groups excluding carboxylic acids is 1. The number of ether oxygens (including phenoxy) is 3. The van der Waals surface area contributed by atoms with Gasteiger partial charge in [-0.1, -0.05) is 24.9 Å². The van der Waals surface area contributed by atoms with Gasteiger partial charge in [-0.25, -0.2) is 14.2 Å². The fourth-order valence-corrected chi connectivity index (χ4v) is 2.95. The molecule has 0 N–H and O–H groups in total. The van der Waals surface area contributed by atoms with Crippen molar-refractivity contribution in [2.45, 2.75) is 26.7 Å². The minimum absolute atomic E-state index is 0.113. The number of cyclic esters (lactones) is 1. The standard InChI is InChI=1S/C22H21ClFNO4/c1-3-5-10-28-20-17(23)11-14(13-19(20)27-4-2)12-18-22(26)29-21(25-18)15-6-8-16(24)9-7-15/h6-9,11-13H,3-5,10H2,1-2H3/b18-12-. The van der Waals surface area contributed by atoms with Gasteiger partial charge in [0.2, 0.25) is 5.90 Å². The fraction of sp³-hybridized carbons (Fsp3) is 0.273. The van der Waals surface area contributed by atoms with E-state index in [9.17, 15) is 9.18 Å². The Morgan fingerprint density at radius 3 is 2.62 bits per heavy atom. The first kappa shape index (κ1) is 20.9. The van der Waals surface area contributed by atoms with Gasteiger partial charge < -0.3 is 14.2 Å². The van der Waals surface area contributed by atoms with Gasteiger partial charge in [0.1, 0.15) is 5.82 Å². The first-order valence-corrected chi connectivity index (χ1v) is 9.77. The van der Waals surface area contributed by atoms with Crippen LogP contribution in [0.25, 0.3) is 6.08 Å². The van der Waals surface area contributed by atoms with Crippen LogP contribution >= 0.6 is 11.6 Å². The molecule has 0 atom stereocenters. The number of esters is 1. The highest BCUT2D eigenvalue weighted by Gasteiger charge is 2.24. The molecule has 0 unspecified atom stereocenters. The van der Waals surface area contributed by atoms with Crippen molar-refractivity contribution >= 4 is 29.5 Å². The zero-order chi connectivity index (χ0) is 20.8. The lowest BCUT2D eigenvalue weighted by Gasteiger charge is -2.14.